The molecule has 0 aromatic heterocycles. The largest absolute Gasteiger partial charge is 0.492 e. The monoisotopic (exact) mass is 262 g/mol. The van der Waals surface area contributed by atoms with E-state index in [1.165, 1.54) is 12.8 Å². The van der Waals surface area contributed by atoms with Gasteiger partial charge in [-0.05, 0) is 31.0 Å². The summed E-state index contributed by atoms with van der Waals surface area (Å²) in [5.41, 5.74) is 6.11. The third-order valence-corrected chi connectivity index (χ3v) is 3.36. The predicted molar refractivity (Wildman–Crippen MR) is 75.4 cm³/mol. The maximum absolute atomic E-state index is 12.4. The first kappa shape index (κ1) is 13.9. The SMILES string of the molecule is NCCOc1cccc(C(=O)N2CCCCCC2)c1. The topological polar surface area (TPSA) is 55.6 Å². The van der Waals surface area contributed by atoms with Crippen molar-refractivity contribution in [3.05, 3.63) is 29.8 Å². The standard InChI is InChI=1S/C15H22N2O2/c16-8-11-19-14-7-5-6-13(12-14)15(18)17-9-3-1-2-4-10-17/h5-7,12H,1-4,8-11,16H2. The maximum Gasteiger partial charge on any atom is 0.253 e. The van der Waals surface area contributed by atoms with Gasteiger partial charge in [0.2, 0.25) is 0 Å². The number of hydrogen-bond donors (Lipinski definition) is 1. The molecular weight excluding hydrogens is 240 g/mol. The highest BCUT2D eigenvalue weighted by atomic mass is 16.5. The third kappa shape index (κ3) is 3.96. The van der Waals surface area contributed by atoms with Crippen molar-refractivity contribution in [1.29, 1.82) is 0 Å². The lowest BCUT2D eigenvalue weighted by atomic mass is 10.2. The lowest BCUT2D eigenvalue weighted by Gasteiger charge is -2.20. The summed E-state index contributed by atoms with van der Waals surface area (Å²) in [6.45, 7) is 2.69. The van der Waals surface area contributed by atoms with E-state index in [-0.39, 0.29) is 5.91 Å². The van der Waals surface area contributed by atoms with Crippen molar-refractivity contribution in [2.75, 3.05) is 26.2 Å². The fraction of sp³-hybridized carbons (Fsp3) is 0.533. The second kappa shape index (κ2) is 7.14. The number of carbonyl (C=O) groups excluding carboxylic acids is 1. The maximum atomic E-state index is 12.4. The average Bonchev–Trinajstić information content (AvgIpc) is 2.73. The van der Waals surface area contributed by atoms with Gasteiger partial charge >= 0.3 is 0 Å². The van der Waals surface area contributed by atoms with Gasteiger partial charge in [0.25, 0.3) is 5.91 Å². The van der Waals surface area contributed by atoms with E-state index in [4.69, 9.17) is 10.5 Å². The molecule has 1 amide bonds. The van der Waals surface area contributed by atoms with E-state index >= 15 is 0 Å². The number of nitrogens with zero attached hydrogens (tertiary/aromatic N) is 1. The van der Waals surface area contributed by atoms with E-state index in [1.54, 1.807) is 0 Å². The Labute approximate surface area is 114 Å². The summed E-state index contributed by atoms with van der Waals surface area (Å²) in [7, 11) is 0. The molecule has 104 valence electrons. The van der Waals surface area contributed by atoms with Gasteiger partial charge in [-0.2, -0.15) is 0 Å². The number of amides is 1. The van der Waals surface area contributed by atoms with Crippen LogP contribution < -0.4 is 10.5 Å². The summed E-state index contributed by atoms with van der Waals surface area (Å²) in [5.74, 6) is 0.825. The Hall–Kier alpha value is -1.55. The predicted octanol–water partition coefficient (Wildman–Crippen LogP) is 2.04. The third-order valence-electron chi connectivity index (χ3n) is 3.36. The Kier molecular flexibility index (Phi) is 5.21. The summed E-state index contributed by atoms with van der Waals surface area (Å²) in [6, 6.07) is 7.37. The molecule has 0 atom stereocenters. The molecule has 0 saturated carbocycles. The van der Waals surface area contributed by atoms with Crippen LogP contribution in [0.3, 0.4) is 0 Å². The van der Waals surface area contributed by atoms with Gasteiger partial charge in [-0.15, -0.1) is 0 Å². The molecule has 1 heterocycles. The zero-order chi connectivity index (χ0) is 13.5. The summed E-state index contributed by atoms with van der Waals surface area (Å²) in [6.07, 6.45) is 4.66. The van der Waals surface area contributed by atoms with Gasteiger partial charge in [-0.1, -0.05) is 18.9 Å². The van der Waals surface area contributed by atoms with E-state index in [0.717, 1.165) is 25.9 Å². The van der Waals surface area contributed by atoms with Gasteiger partial charge in [0.05, 0.1) is 0 Å². The van der Waals surface area contributed by atoms with Crippen molar-refractivity contribution in [2.45, 2.75) is 25.7 Å². The molecule has 2 rings (SSSR count). The highest BCUT2D eigenvalue weighted by Crippen LogP contribution is 2.17. The quantitative estimate of drug-likeness (QED) is 0.903. The van der Waals surface area contributed by atoms with E-state index in [9.17, 15) is 4.79 Å². The molecule has 1 aliphatic heterocycles. The lowest BCUT2D eigenvalue weighted by Crippen LogP contribution is -2.31. The normalized spacial score (nSPS) is 15.9. The number of carbonyl (C=O) groups is 1. The molecule has 1 aromatic carbocycles. The minimum Gasteiger partial charge on any atom is -0.492 e. The Morgan fingerprint density at radius 2 is 1.95 bits per heavy atom. The number of hydrogen-bond acceptors (Lipinski definition) is 3. The first-order valence-electron chi connectivity index (χ1n) is 7.03. The molecule has 19 heavy (non-hydrogen) atoms. The van der Waals surface area contributed by atoms with Crippen LogP contribution in [0.4, 0.5) is 0 Å². The van der Waals surface area contributed by atoms with E-state index in [0.29, 0.717) is 24.5 Å². The fourth-order valence-corrected chi connectivity index (χ4v) is 2.35. The van der Waals surface area contributed by atoms with Gasteiger partial charge in [-0.3, -0.25) is 4.79 Å². The molecular formula is C15H22N2O2. The van der Waals surface area contributed by atoms with Crippen LogP contribution in [0, 0.1) is 0 Å². The minimum absolute atomic E-state index is 0.111. The van der Waals surface area contributed by atoms with Crippen LogP contribution in [0.5, 0.6) is 5.75 Å². The number of ether oxygens (including phenoxy) is 1. The summed E-state index contributed by atoms with van der Waals surface area (Å²) < 4.78 is 5.46. The Morgan fingerprint density at radius 3 is 2.63 bits per heavy atom. The molecule has 4 heteroatoms. The Bertz CT molecular complexity index is 412. The van der Waals surface area contributed by atoms with Crippen LogP contribution >= 0.6 is 0 Å². The number of benzene rings is 1. The Balaban J connectivity index is 2.04. The lowest BCUT2D eigenvalue weighted by molar-refractivity contribution is 0.0761. The van der Waals surface area contributed by atoms with Gasteiger partial charge < -0.3 is 15.4 Å². The smallest absolute Gasteiger partial charge is 0.253 e. The highest BCUT2D eigenvalue weighted by Gasteiger charge is 2.17. The van der Waals surface area contributed by atoms with Crippen LogP contribution in [-0.2, 0) is 0 Å². The van der Waals surface area contributed by atoms with Crippen LogP contribution in [-0.4, -0.2) is 37.0 Å². The van der Waals surface area contributed by atoms with Crippen molar-refractivity contribution in [3.63, 3.8) is 0 Å². The summed E-state index contributed by atoms with van der Waals surface area (Å²) in [4.78, 5) is 14.4. The van der Waals surface area contributed by atoms with E-state index < -0.39 is 0 Å². The molecule has 0 bridgehead atoms. The summed E-state index contributed by atoms with van der Waals surface area (Å²) in [5, 5.41) is 0. The molecule has 1 saturated heterocycles. The second-order valence-corrected chi connectivity index (χ2v) is 4.87. The molecule has 1 aliphatic rings. The zero-order valence-corrected chi connectivity index (χ0v) is 11.3. The van der Waals surface area contributed by atoms with Crippen molar-refractivity contribution in [3.8, 4) is 5.75 Å². The van der Waals surface area contributed by atoms with Crippen LogP contribution in [0.2, 0.25) is 0 Å². The van der Waals surface area contributed by atoms with Crippen LogP contribution in [0.15, 0.2) is 24.3 Å². The first-order chi connectivity index (χ1) is 9.31. The van der Waals surface area contributed by atoms with Gasteiger partial charge in [-0.25, -0.2) is 0 Å². The molecule has 0 unspecified atom stereocenters. The second-order valence-electron chi connectivity index (χ2n) is 4.87. The van der Waals surface area contributed by atoms with Gasteiger partial charge in [0.15, 0.2) is 0 Å². The van der Waals surface area contributed by atoms with E-state index in [2.05, 4.69) is 0 Å². The van der Waals surface area contributed by atoms with E-state index in [1.807, 2.05) is 29.2 Å². The average molecular weight is 262 g/mol. The van der Waals surface area contributed by atoms with Crippen molar-refractivity contribution in [2.24, 2.45) is 5.73 Å². The minimum atomic E-state index is 0.111. The number of likely N-dealkylation sites (tertiary alicyclic amines) is 1. The highest BCUT2D eigenvalue weighted by molar-refractivity contribution is 5.94. The molecule has 2 N–H and O–H groups in total. The van der Waals surface area contributed by atoms with Gasteiger partial charge in [0, 0.05) is 25.2 Å². The van der Waals surface area contributed by atoms with Crippen LogP contribution in [0.25, 0.3) is 0 Å². The van der Waals surface area contributed by atoms with Crippen molar-refractivity contribution in [1.82, 2.24) is 4.90 Å². The zero-order valence-electron chi connectivity index (χ0n) is 11.3. The fourth-order valence-electron chi connectivity index (χ4n) is 2.35. The number of rotatable bonds is 4. The van der Waals surface area contributed by atoms with Crippen molar-refractivity contribution >= 4 is 5.91 Å². The molecule has 1 aromatic rings. The first-order valence-corrected chi connectivity index (χ1v) is 7.03. The molecule has 0 radical (unpaired) electrons. The Morgan fingerprint density at radius 1 is 1.21 bits per heavy atom. The van der Waals surface area contributed by atoms with Crippen molar-refractivity contribution < 1.29 is 9.53 Å². The molecule has 0 aliphatic carbocycles. The van der Waals surface area contributed by atoms with Crippen LogP contribution in [0.1, 0.15) is 36.0 Å². The molecule has 0 spiro atoms. The number of nitrogens with two attached hydrogens (primary N) is 1. The summed E-state index contributed by atoms with van der Waals surface area (Å²) >= 11 is 0. The molecule has 4 nitrogen and oxygen atoms in total. The van der Waals surface area contributed by atoms with Gasteiger partial charge in [0.1, 0.15) is 12.4 Å². The molecule has 1 fully saturated rings.